The summed E-state index contributed by atoms with van der Waals surface area (Å²) >= 11 is 0. The predicted molar refractivity (Wildman–Crippen MR) is 50.8 cm³/mol. The molecular weight excluding hydrogens is 166 g/mol. The van der Waals surface area contributed by atoms with Gasteiger partial charge in [-0.15, -0.1) is 0 Å². The summed E-state index contributed by atoms with van der Waals surface area (Å²) in [6, 6.07) is 1.82. The van der Waals surface area contributed by atoms with Crippen LogP contribution in [0, 0.1) is 0 Å². The lowest BCUT2D eigenvalue weighted by atomic mass is 10.2. The highest BCUT2D eigenvalue weighted by molar-refractivity contribution is 5.95. The smallest absolute Gasteiger partial charge is 0.164 e. The zero-order chi connectivity index (χ0) is 9.68. The van der Waals surface area contributed by atoms with Crippen molar-refractivity contribution in [3.8, 4) is 0 Å². The van der Waals surface area contributed by atoms with E-state index in [9.17, 15) is 4.79 Å². The maximum Gasteiger partial charge on any atom is 0.164 e. The first-order valence-electron chi connectivity index (χ1n) is 4.57. The van der Waals surface area contributed by atoms with Gasteiger partial charge >= 0.3 is 0 Å². The van der Waals surface area contributed by atoms with Gasteiger partial charge in [0.25, 0.3) is 0 Å². The zero-order valence-electron chi connectivity index (χ0n) is 7.86. The van der Waals surface area contributed by atoms with Gasteiger partial charge in [0.1, 0.15) is 0 Å². The molecule has 1 aromatic rings. The van der Waals surface area contributed by atoms with E-state index in [2.05, 4.69) is 0 Å². The molecular formula is C10H15NO2. The Labute approximate surface area is 78.0 Å². The van der Waals surface area contributed by atoms with E-state index in [0.29, 0.717) is 6.42 Å². The molecule has 72 valence electrons. The van der Waals surface area contributed by atoms with Crippen LogP contribution in [0.15, 0.2) is 18.5 Å². The molecule has 0 aliphatic carbocycles. The van der Waals surface area contributed by atoms with Crippen molar-refractivity contribution < 1.29 is 9.90 Å². The summed E-state index contributed by atoms with van der Waals surface area (Å²) in [6.45, 7) is 2.82. The molecule has 0 aromatic carbocycles. The molecule has 1 aromatic heterocycles. The summed E-state index contributed by atoms with van der Waals surface area (Å²) in [5, 5.41) is 8.61. The number of aliphatic hydroxyl groups is 1. The Morgan fingerprint density at radius 3 is 3.00 bits per heavy atom. The SMILES string of the molecule is CCC(=O)c1ccn(CCCO)c1. The molecule has 0 amide bonds. The van der Waals surface area contributed by atoms with Crippen molar-refractivity contribution in [1.29, 1.82) is 0 Å². The average molecular weight is 181 g/mol. The third-order valence-electron chi connectivity index (χ3n) is 1.97. The Bertz CT molecular complexity index is 278. The van der Waals surface area contributed by atoms with E-state index in [1.807, 2.05) is 30.0 Å². The summed E-state index contributed by atoms with van der Waals surface area (Å²) in [6.07, 6.45) is 4.98. The van der Waals surface area contributed by atoms with Gasteiger partial charge < -0.3 is 9.67 Å². The normalized spacial score (nSPS) is 10.3. The summed E-state index contributed by atoms with van der Waals surface area (Å²) in [4.78, 5) is 11.2. The summed E-state index contributed by atoms with van der Waals surface area (Å²) in [7, 11) is 0. The molecule has 1 N–H and O–H groups in total. The van der Waals surface area contributed by atoms with Crippen molar-refractivity contribution in [2.24, 2.45) is 0 Å². The molecule has 3 nitrogen and oxygen atoms in total. The van der Waals surface area contributed by atoms with Gasteiger partial charge in [0.15, 0.2) is 5.78 Å². The van der Waals surface area contributed by atoms with Crippen molar-refractivity contribution >= 4 is 5.78 Å². The molecule has 0 atom stereocenters. The minimum Gasteiger partial charge on any atom is -0.396 e. The topological polar surface area (TPSA) is 42.2 Å². The van der Waals surface area contributed by atoms with Gasteiger partial charge in [-0.3, -0.25) is 4.79 Å². The summed E-state index contributed by atoms with van der Waals surface area (Å²) in [5.74, 6) is 0.169. The molecule has 13 heavy (non-hydrogen) atoms. The fourth-order valence-electron chi connectivity index (χ4n) is 1.20. The summed E-state index contributed by atoms with van der Waals surface area (Å²) < 4.78 is 1.93. The maximum atomic E-state index is 11.2. The minimum absolute atomic E-state index is 0.169. The lowest BCUT2D eigenvalue weighted by Crippen LogP contribution is -1.98. The van der Waals surface area contributed by atoms with Crippen LogP contribution >= 0.6 is 0 Å². The number of aryl methyl sites for hydroxylation is 1. The van der Waals surface area contributed by atoms with Gasteiger partial charge in [0.05, 0.1) is 0 Å². The number of ketones is 1. The number of hydrogen-bond donors (Lipinski definition) is 1. The number of aliphatic hydroxyl groups excluding tert-OH is 1. The van der Waals surface area contributed by atoms with Crippen LogP contribution < -0.4 is 0 Å². The molecule has 0 spiro atoms. The third-order valence-corrected chi connectivity index (χ3v) is 1.97. The molecule has 0 saturated carbocycles. The lowest BCUT2D eigenvalue weighted by molar-refractivity contribution is 0.0988. The van der Waals surface area contributed by atoms with Crippen molar-refractivity contribution in [3.63, 3.8) is 0 Å². The quantitative estimate of drug-likeness (QED) is 0.699. The third kappa shape index (κ3) is 2.70. The number of carbonyl (C=O) groups excluding carboxylic acids is 1. The fraction of sp³-hybridized carbons (Fsp3) is 0.500. The highest BCUT2D eigenvalue weighted by atomic mass is 16.3. The number of Topliss-reactive ketones (excluding diaryl/α,β-unsaturated/α-hetero) is 1. The van der Waals surface area contributed by atoms with Gasteiger partial charge in [-0.2, -0.15) is 0 Å². The number of hydrogen-bond acceptors (Lipinski definition) is 2. The number of rotatable bonds is 5. The molecule has 0 bridgehead atoms. The molecule has 1 rings (SSSR count). The Morgan fingerprint density at radius 1 is 1.62 bits per heavy atom. The van der Waals surface area contributed by atoms with E-state index in [1.54, 1.807) is 0 Å². The van der Waals surface area contributed by atoms with E-state index in [-0.39, 0.29) is 12.4 Å². The van der Waals surface area contributed by atoms with E-state index in [4.69, 9.17) is 5.11 Å². The average Bonchev–Trinajstić information content (AvgIpc) is 2.62. The molecule has 1 heterocycles. The molecule has 3 heteroatoms. The fourth-order valence-corrected chi connectivity index (χ4v) is 1.20. The van der Waals surface area contributed by atoms with E-state index >= 15 is 0 Å². The van der Waals surface area contributed by atoms with Crippen molar-refractivity contribution in [3.05, 3.63) is 24.0 Å². The van der Waals surface area contributed by atoms with Gasteiger partial charge in [0.2, 0.25) is 0 Å². The van der Waals surface area contributed by atoms with Crippen LogP contribution in [0.2, 0.25) is 0 Å². The standard InChI is InChI=1S/C10H15NO2/c1-2-10(13)9-4-6-11(8-9)5-3-7-12/h4,6,8,12H,2-3,5,7H2,1H3. The van der Waals surface area contributed by atoms with Crippen LogP contribution in [-0.2, 0) is 6.54 Å². The van der Waals surface area contributed by atoms with Crippen LogP contribution in [-0.4, -0.2) is 22.1 Å². The van der Waals surface area contributed by atoms with Gasteiger partial charge in [0, 0.05) is 37.5 Å². The Morgan fingerprint density at radius 2 is 2.38 bits per heavy atom. The van der Waals surface area contributed by atoms with Crippen LogP contribution in [0.25, 0.3) is 0 Å². The first kappa shape index (κ1) is 9.99. The van der Waals surface area contributed by atoms with Gasteiger partial charge in [-0.1, -0.05) is 6.92 Å². The van der Waals surface area contributed by atoms with E-state index in [1.165, 1.54) is 0 Å². The monoisotopic (exact) mass is 181 g/mol. The Balaban J connectivity index is 2.58. The zero-order valence-corrected chi connectivity index (χ0v) is 7.86. The minimum atomic E-state index is 0.169. The van der Waals surface area contributed by atoms with Crippen LogP contribution in [0.1, 0.15) is 30.1 Å². The Kier molecular flexibility index (Phi) is 3.71. The second-order valence-corrected chi connectivity index (χ2v) is 2.99. The molecule has 0 saturated heterocycles. The maximum absolute atomic E-state index is 11.2. The second-order valence-electron chi connectivity index (χ2n) is 2.99. The number of carbonyl (C=O) groups is 1. The van der Waals surface area contributed by atoms with Crippen molar-refractivity contribution in [2.75, 3.05) is 6.61 Å². The summed E-state index contributed by atoms with van der Waals surface area (Å²) in [5.41, 5.74) is 0.764. The van der Waals surface area contributed by atoms with Crippen molar-refractivity contribution in [2.45, 2.75) is 26.3 Å². The second kappa shape index (κ2) is 4.82. The van der Waals surface area contributed by atoms with Crippen LogP contribution in [0.3, 0.4) is 0 Å². The Hall–Kier alpha value is -1.09. The molecule has 0 fully saturated rings. The van der Waals surface area contributed by atoms with E-state index in [0.717, 1.165) is 18.5 Å². The molecule has 0 unspecified atom stereocenters. The largest absolute Gasteiger partial charge is 0.396 e. The van der Waals surface area contributed by atoms with Gasteiger partial charge in [-0.05, 0) is 12.5 Å². The first-order chi connectivity index (χ1) is 6.27. The van der Waals surface area contributed by atoms with Crippen LogP contribution in [0.4, 0.5) is 0 Å². The highest BCUT2D eigenvalue weighted by Crippen LogP contribution is 2.05. The molecule has 0 radical (unpaired) electrons. The first-order valence-corrected chi connectivity index (χ1v) is 4.57. The number of nitrogens with zero attached hydrogens (tertiary/aromatic N) is 1. The molecule has 0 aliphatic heterocycles. The molecule has 0 aliphatic rings. The predicted octanol–water partition coefficient (Wildman–Crippen LogP) is 1.46. The lowest BCUT2D eigenvalue weighted by Gasteiger charge is -1.98. The van der Waals surface area contributed by atoms with Crippen molar-refractivity contribution in [1.82, 2.24) is 4.57 Å². The highest BCUT2D eigenvalue weighted by Gasteiger charge is 2.03. The van der Waals surface area contributed by atoms with E-state index < -0.39 is 0 Å². The number of aromatic nitrogens is 1. The van der Waals surface area contributed by atoms with Crippen LogP contribution in [0.5, 0.6) is 0 Å². The van der Waals surface area contributed by atoms with Gasteiger partial charge in [-0.25, -0.2) is 0 Å².